The number of carbonyl (C=O) groups excluding carboxylic acids is 1. The van der Waals surface area contributed by atoms with E-state index >= 15 is 0 Å². The molecule has 4 heteroatoms. The molecule has 0 spiro atoms. The Hall–Kier alpha value is -2.36. The van der Waals surface area contributed by atoms with E-state index in [2.05, 4.69) is 5.32 Å². The zero-order valence-corrected chi connectivity index (χ0v) is 9.47. The summed E-state index contributed by atoms with van der Waals surface area (Å²) in [4.78, 5) is 11.1. The number of anilines is 1. The van der Waals surface area contributed by atoms with E-state index in [0.29, 0.717) is 11.3 Å². The summed E-state index contributed by atoms with van der Waals surface area (Å²) in [5, 5.41) is 13.9. The molecule has 0 fully saturated rings. The second kappa shape index (κ2) is 5.31. The third kappa shape index (κ3) is 2.85. The fraction of sp³-hybridized carbons (Fsp3) is 0.0714. The van der Waals surface area contributed by atoms with Crippen molar-refractivity contribution in [2.45, 2.75) is 6.04 Å². The van der Waals surface area contributed by atoms with Crippen LogP contribution >= 0.6 is 0 Å². The first-order valence-corrected chi connectivity index (χ1v) is 5.45. The molecule has 0 bridgehead atoms. The first kappa shape index (κ1) is 12.1. The first-order valence-electron chi connectivity index (χ1n) is 5.45. The minimum atomic E-state index is -1.23. The smallest absolute Gasteiger partial charge is 0.123 e. The van der Waals surface area contributed by atoms with Crippen LogP contribution in [0.2, 0.25) is 0 Å². The molecule has 2 rings (SSSR count). The second-order valence-electron chi connectivity index (χ2n) is 3.81. The summed E-state index contributed by atoms with van der Waals surface area (Å²) >= 11 is 0. The van der Waals surface area contributed by atoms with Crippen molar-refractivity contribution in [2.24, 2.45) is 0 Å². The lowest BCUT2D eigenvalue weighted by atomic mass is 10.1. The van der Waals surface area contributed by atoms with Gasteiger partial charge in [-0.2, -0.15) is 0 Å². The molecule has 0 aromatic heterocycles. The minimum Gasteiger partial charge on any atom is -0.548 e. The molecule has 2 aromatic rings. The second-order valence-corrected chi connectivity index (χ2v) is 3.81. The van der Waals surface area contributed by atoms with Crippen molar-refractivity contribution >= 4 is 11.7 Å². The van der Waals surface area contributed by atoms with Crippen molar-refractivity contribution in [1.29, 1.82) is 0 Å². The number of halogens is 1. The fourth-order valence-electron chi connectivity index (χ4n) is 1.64. The fourth-order valence-corrected chi connectivity index (χ4v) is 1.64. The van der Waals surface area contributed by atoms with Gasteiger partial charge >= 0.3 is 0 Å². The molecule has 0 unspecified atom stereocenters. The van der Waals surface area contributed by atoms with Crippen LogP contribution in [0.4, 0.5) is 10.1 Å². The van der Waals surface area contributed by atoms with E-state index in [4.69, 9.17) is 0 Å². The summed E-state index contributed by atoms with van der Waals surface area (Å²) in [6.07, 6.45) is 0. The van der Waals surface area contributed by atoms with Crippen LogP contribution in [-0.4, -0.2) is 5.97 Å². The van der Waals surface area contributed by atoms with Gasteiger partial charge in [-0.1, -0.05) is 30.3 Å². The van der Waals surface area contributed by atoms with Crippen molar-refractivity contribution in [3.8, 4) is 0 Å². The number of carbonyl (C=O) groups is 1. The van der Waals surface area contributed by atoms with Gasteiger partial charge < -0.3 is 15.2 Å². The van der Waals surface area contributed by atoms with Gasteiger partial charge in [-0.05, 0) is 29.8 Å². The number of hydrogen-bond acceptors (Lipinski definition) is 3. The van der Waals surface area contributed by atoms with Gasteiger partial charge in [0.2, 0.25) is 0 Å². The topological polar surface area (TPSA) is 52.2 Å². The molecule has 18 heavy (non-hydrogen) atoms. The number of carboxylic acids is 1. The van der Waals surface area contributed by atoms with Crippen molar-refractivity contribution in [2.75, 3.05) is 5.32 Å². The lowest BCUT2D eigenvalue weighted by molar-refractivity contribution is -0.307. The normalized spacial score (nSPS) is 11.8. The van der Waals surface area contributed by atoms with Gasteiger partial charge in [-0.3, -0.25) is 0 Å². The first-order chi connectivity index (χ1) is 8.66. The zero-order chi connectivity index (χ0) is 13.0. The molecule has 0 aliphatic rings. The standard InChI is InChI=1S/C14H12FNO2/c15-11-6-8-12(9-7-11)16-13(14(17)18)10-4-2-1-3-5-10/h1-9,13,16H,(H,17,18)/p-1/t13-/m1/s1. The largest absolute Gasteiger partial charge is 0.548 e. The lowest BCUT2D eigenvalue weighted by Crippen LogP contribution is -2.34. The zero-order valence-electron chi connectivity index (χ0n) is 9.47. The molecular formula is C14H11FNO2-. The van der Waals surface area contributed by atoms with Crippen LogP contribution in [0, 0.1) is 5.82 Å². The average molecular weight is 244 g/mol. The van der Waals surface area contributed by atoms with E-state index in [-0.39, 0.29) is 5.82 Å². The maximum absolute atomic E-state index is 12.7. The Morgan fingerprint density at radius 2 is 1.67 bits per heavy atom. The molecule has 0 amide bonds. The summed E-state index contributed by atoms with van der Waals surface area (Å²) in [6, 6.07) is 13.2. The van der Waals surface area contributed by atoms with Crippen molar-refractivity contribution < 1.29 is 14.3 Å². The van der Waals surface area contributed by atoms with Crippen molar-refractivity contribution in [3.63, 3.8) is 0 Å². The molecule has 92 valence electrons. The van der Waals surface area contributed by atoms with E-state index in [9.17, 15) is 14.3 Å². The summed E-state index contributed by atoms with van der Waals surface area (Å²) in [6.45, 7) is 0. The monoisotopic (exact) mass is 244 g/mol. The van der Waals surface area contributed by atoms with Gasteiger partial charge in [0.1, 0.15) is 5.82 Å². The van der Waals surface area contributed by atoms with Gasteiger partial charge in [0.05, 0.1) is 12.0 Å². The highest BCUT2D eigenvalue weighted by molar-refractivity contribution is 5.77. The van der Waals surface area contributed by atoms with E-state index in [1.807, 2.05) is 0 Å². The molecule has 3 nitrogen and oxygen atoms in total. The number of rotatable bonds is 4. The molecule has 1 N–H and O–H groups in total. The highest BCUT2D eigenvalue weighted by Crippen LogP contribution is 2.19. The van der Waals surface area contributed by atoms with Crippen LogP contribution in [-0.2, 0) is 4.79 Å². The van der Waals surface area contributed by atoms with Gasteiger partial charge in [0.15, 0.2) is 0 Å². The number of nitrogens with one attached hydrogen (secondary N) is 1. The minimum absolute atomic E-state index is 0.370. The van der Waals surface area contributed by atoms with Crippen LogP contribution < -0.4 is 10.4 Å². The maximum Gasteiger partial charge on any atom is 0.123 e. The van der Waals surface area contributed by atoms with E-state index < -0.39 is 12.0 Å². The summed E-state index contributed by atoms with van der Waals surface area (Å²) in [7, 11) is 0. The predicted molar refractivity (Wildman–Crippen MR) is 64.2 cm³/mol. The molecule has 0 radical (unpaired) electrons. The van der Waals surface area contributed by atoms with Crippen LogP contribution in [0.15, 0.2) is 54.6 Å². The van der Waals surface area contributed by atoms with Crippen LogP contribution in [0.1, 0.15) is 11.6 Å². The predicted octanol–water partition coefficient (Wildman–Crippen LogP) is 1.73. The Labute approximate surface area is 104 Å². The molecule has 0 aliphatic carbocycles. The van der Waals surface area contributed by atoms with E-state index in [0.717, 1.165) is 0 Å². The summed E-state index contributed by atoms with van der Waals surface area (Å²) in [5.74, 6) is -1.60. The highest BCUT2D eigenvalue weighted by atomic mass is 19.1. The molecule has 2 aromatic carbocycles. The third-order valence-electron chi connectivity index (χ3n) is 2.52. The number of hydrogen-bond donors (Lipinski definition) is 1. The molecule has 0 saturated carbocycles. The molecule has 0 saturated heterocycles. The average Bonchev–Trinajstić information content (AvgIpc) is 2.38. The third-order valence-corrected chi connectivity index (χ3v) is 2.52. The number of benzene rings is 2. The Morgan fingerprint density at radius 1 is 1.06 bits per heavy atom. The quantitative estimate of drug-likeness (QED) is 0.891. The van der Waals surface area contributed by atoms with Crippen molar-refractivity contribution in [1.82, 2.24) is 0 Å². The summed E-state index contributed by atoms with van der Waals surface area (Å²) < 4.78 is 12.7. The molecule has 0 aliphatic heterocycles. The van der Waals surface area contributed by atoms with Gasteiger partial charge in [0.25, 0.3) is 0 Å². The molecule has 1 atom stereocenters. The summed E-state index contributed by atoms with van der Waals surface area (Å²) in [5.41, 5.74) is 1.11. The van der Waals surface area contributed by atoms with Gasteiger partial charge in [-0.15, -0.1) is 0 Å². The highest BCUT2D eigenvalue weighted by Gasteiger charge is 2.11. The van der Waals surface area contributed by atoms with Crippen LogP contribution in [0.25, 0.3) is 0 Å². The maximum atomic E-state index is 12.7. The van der Waals surface area contributed by atoms with E-state index in [1.54, 1.807) is 30.3 Å². The number of aliphatic carboxylic acids is 1. The van der Waals surface area contributed by atoms with Crippen molar-refractivity contribution in [3.05, 3.63) is 66.0 Å². The number of carboxylic acid groups (broad SMARTS) is 1. The van der Waals surface area contributed by atoms with E-state index in [1.165, 1.54) is 24.3 Å². The van der Waals surface area contributed by atoms with Crippen LogP contribution in [0.3, 0.4) is 0 Å². The lowest BCUT2D eigenvalue weighted by Gasteiger charge is -2.21. The Bertz CT molecular complexity index is 525. The Morgan fingerprint density at radius 3 is 2.22 bits per heavy atom. The Balaban J connectivity index is 2.22. The van der Waals surface area contributed by atoms with Gasteiger partial charge in [-0.25, -0.2) is 4.39 Å². The SMILES string of the molecule is O=C([O-])[C@H](Nc1ccc(F)cc1)c1ccccc1. The Kier molecular flexibility index (Phi) is 3.57. The van der Waals surface area contributed by atoms with Crippen LogP contribution in [0.5, 0.6) is 0 Å². The van der Waals surface area contributed by atoms with Gasteiger partial charge in [0, 0.05) is 5.69 Å². The molecular weight excluding hydrogens is 233 g/mol. The molecule has 0 heterocycles.